The summed E-state index contributed by atoms with van der Waals surface area (Å²) in [6, 6.07) is 7.18. The minimum atomic E-state index is -3.53. The summed E-state index contributed by atoms with van der Waals surface area (Å²) in [5, 5.41) is 9.11. The van der Waals surface area contributed by atoms with Gasteiger partial charge in [-0.15, -0.1) is 0 Å². The third-order valence-electron chi connectivity index (χ3n) is 5.82. The SMILES string of the molecule is Cc1ccc(S(=O)(=O)N2CCC(CC(N)C(=O)N3CC(F)CC3C#N)CC2)cc1. The van der Waals surface area contributed by atoms with Crippen molar-refractivity contribution in [1.82, 2.24) is 9.21 Å². The number of rotatable bonds is 5. The van der Waals surface area contributed by atoms with Crippen LogP contribution in [0.5, 0.6) is 0 Å². The van der Waals surface area contributed by atoms with Crippen molar-refractivity contribution >= 4 is 15.9 Å². The van der Waals surface area contributed by atoms with Crippen molar-refractivity contribution in [2.24, 2.45) is 11.7 Å². The fourth-order valence-corrected chi connectivity index (χ4v) is 5.54. The standard InChI is InChI=1S/C20H27FN4O3S/c1-14-2-4-18(5-3-14)29(27,28)24-8-6-15(7-9-24)10-19(23)20(26)25-13-16(21)11-17(25)12-22/h2-5,15-17,19H,6-11,13,23H2,1H3. The molecule has 0 aromatic heterocycles. The summed E-state index contributed by atoms with van der Waals surface area (Å²) in [4.78, 5) is 14.1. The van der Waals surface area contributed by atoms with Crippen molar-refractivity contribution < 1.29 is 17.6 Å². The van der Waals surface area contributed by atoms with E-state index in [1.54, 1.807) is 24.3 Å². The Morgan fingerprint density at radius 2 is 1.93 bits per heavy atom. The van der Waals surface area contributed by atoms with Crippen molar-refractivity contribution in [2.75, 3.05) is 19.6 Å². The molecule has 2 fully saturated rings. The highest BCUT2D eigenvalue weighted by atomic mass is 32.2. The molecule has 2 saturated heterocycles. The maximum absolute atomic E-state index is 13.6. The molecule has 0 radical (unpaired) electrons. The number of benzene rings is 1. The molecule has 0 spiro atoms. The zero-order valence-electron chi connectivity index (χ0n) is 16.5. The summed E-state index contributed by atoms with van der Waals surface area (Å²) in [5.41, 5.74) is 7.06. The van der Waals surface area contributed by atoms with E-state index in [0.29, 0.717) is 32.4 Å². The van der Waals surface area contributed by atoms with Crippen LogP contribution in [0.1, 0.15) is 31.2 Å². The smallest absolute Gasteiger partial charge is 0.243 e. The van der Waals surface area contributed by atoms with Gasteiger partial charge >= 0.3 is 0 Å². The van der Waals surface area contributed by atoms with Gasteiger partial charge in [-0.3, -0.25) is 4.79 Å². The van der Waals surface area contributed by atoms with E-state index in [9.17, 15) is 17.6 Å². The molecular weight excluding hydrogens is 395 g/mol. The Morgan fingerprint density at radius 1 is 1.31 bits per heavy atom. The first-order valence-corrected chi connectivity index (χ1v) is 11.3. The monoisotopic (exact) mass is 422 g/mol. The number of carbonyl (C=O) groups is 1. The molecular formula is C20H27FN4O3S. The number of carbonyl (C=O) groups excluding carboxylic acids is 1. The van der Waals surface area contributed by atoms with Gasteiger partial charge in [0.05, 0.1) is 23.6 Å². The lowest BCUT2D eigenvalue weighted by molar-refractivity contribution is -0.133. The number of nitriles is 1. The third-order valence-corrected chi connectivity index (χ3v) is 7.73. The first-order valence-electron chi connectivity index (χ1n) is 9.89. The molecule has 0 saturated carbocycles. The second-order valence-electron chi connectivity index (χ2n) is 7.97. The van der Waals surface area contributed by atoms with Crippen LogP contribution in [-0.4, -0.2) is 61.4 Å². The second kappa shape index (κ2) is 8.78. The first-order chi connectivity index (χ1) is 13.7. The summed E-state index contributed by atoms with van der Waals surface area (Å²) in [5.74, 6) is -0.283. The number of nitrogens with zero attached hydrogens (tertiary/aromatic N) is 3. The molecule has 2 N–H and O–H groups in total. The molecule has 3 rings (SSSR count). The fraction of sp³-hybridized carbons (Fsp3) is 0.600. The van der Waals surface area contributed by atoms with E-state index in [0.717, 1.165) is 5.56 Å². The molecule has 0 bridgehead atoms. The number of piperidine rings is 1. The number of likely N-dealkylation sites (tertiary alicyclic amines) is 1. The predicted molar refractivity (Wildman–Crippen MR) is 106 cm³/mol. The van der Waals surface area contributed by atoms with Gasteiger partial charge in [0.1, 0.15) is 12.2 Å². The Bertz CT molecular complexity index is 876. The Balaban J connectivity index is 1.55. The van der Waals surface area contributed by atoms with Crippen LogP contribution in [-0.2, 0) is 14.8 Å². The summed E-state index contributed by atoms with van der Waals surface area (Å²) in [6.07, 6.45) is 0.470. The van der Waals surface area contributed by atoms with Crippen LogP contribution < -0.4 is 5.73 Å². The van der Waals surface area contributed by atoms with Crippen molar-refractivity contribution in [3.63, 3.8) is 0 Å². The van der Waals surface area contributed by atoms with Gasteiger partial charge < -0.3 is 10.6 Å². The van der Waals surface area contributed by atoms with Crippen LogP contribution in [0.2, 0.25) is 0 Å². The largest absolute Gasteiger partial charge is 0.322 e. The maximum atomic E-state index is 13.6. The molecule has 3 unspecified atom stereocenters. The maximum Gasteiger partial charge on any atom is 0.243 e. The van der Waals surface area contributed by atoms with E-state index in [-0.39, 0.29) is 23.8 Å². The highest BCUT2D eigenvalue weighted by Crippen LogP contribution is 2.28. The quantitative estimate of drug-likeness (QED) is 0.775. The zero-order chi connectivity index (χ0) is 21.2. The van der Waals surface area contributed by atoms with Crippen molar-refractivity contribution in [3.05, 3.63) is 29.8 Å². The first kappa shape index (κ1) is 21.7. The molecule has 7 nitrogen and oxygen atoms in total. The Kier molecular flexibility index (Phi) is 6.56. The molecule has 2 heterocycles. The lowest BCUT2D eigenvalue weighted by Gasteiger charge is -2.33. The summed E-state index contributed by atoms with van der Waals surface area (Å²) >= 11 is 0. The van der Waals surface area contributed by atoms with E-state index in [1.165, 1.54) is 9.21 Å². The van der Waals surface area contributed by atoms with Gasteiger partial charge in [0.2, 0.25) is 15.9 Å². The molecule has 158 valence electrons. The van der Waals surface area contributed by atoms with E-state index in [1.807, 2.05) is 13.0 Å². The summed E-state index contributed by atoms with van der Waals surface area (Å²) in [7, 11) is -3.53. The number of sulfonamides is 1. The number of hydrogen-bond donors (Lipinski definition) is 1. The Hall–Kier alpha value is -2.02. The number of halogens is 1. The van der Waals surface area contributed by atoms with Crippen LogP contribution in [0.4, 0.5) is 4.39 Å². The molecule has 9 heteroatoms. The van der Waals surface area contributed by atoms with Gasteiger partial charge in [-0.1, -0.05) is 17.7 Å². The molecule has 29 heavy (non-hydrogen) atoms. The number of alkyl halides is 1. The van der Waals surface area contributed by atoms with E-state index < -0.39 is 34.2 Å². The Morgan fingerprint density at radius 3 is 2.52 bits per heavy atom. The van der Waals surface area contributed by atoms with Crippen LogP contribution in [0.25, 0.3) is 0 Å². The van der Waals surface area contributed by atoms with Crippen molar-refractivity contribution in [1.29, 1.82) is 5.26 Å². The predicted octanol–water partition coefficient (Wildman–Crippen LogP) is 1.58. The average Bonchev–Trinajstić information content (AvgIpc) is 3.09. The molecule has 2 aliphatic heterocycles. The average molecular weight is 423 g/mol. The number of amides is 1. The second-order valence-corrected chi connectivity index (χ2v) is 9.91. The lowest BCUT2D eigenvalue weighted by atomic mass is 9.91. The van der Waals surface area contributed by atoms with Gasteiger partial charge in [-0.2, -0.15) is 9.57 Å². The summed E-state index contributed by atoms with van der Waals surface area (Å²) < 4.78 is 40.6. The van der Waals surface area contributed by atoms with Crippen LogP contribution in [0, 0.1) is 24.2 Å². The molecule has 0 aliphatic carbocycles. The molecule has 1 amide bonds. The molecule has 3 atom stereocenters. The van der Waals surface area contributed by atoms with Crippen molar-refractivity contribution in [2.45, 2.75) is 55.8 Å². The van der Waals surface area contributed by atoms with Gasteiger partial charge in [0, 0.05) is 19.5 Å². The van der Waals surface area contributed by atoms with Gasteiger partial charge in [-0.25, -0.2) is 12.8 Å². The minimum absolute atomic E-state index is 0.0320. The third kappa shape index (κ3) is 4.77. The molecule has 1 aromatic carbocycles. The van der Waals surface area contributed by atoms with Crippen LogP contribution in [0.3, 0.4) is 0 Å². The summed E-state index contributed by atoms with van der Waals surface area (Å²) in [6.45, 7) is 2.57. The highest BCUT2D eigenvalue weighted by Gasteiger charge is 2.38. The van der Waals surface area contributed by atoms with E-state index in [2.05, 4.69) is 0 Å². The van der Waals surface area contributed by atoms with Crippen molar-refractivity contribution in [3.8, 4) is 6.07 Å². The molecule has 2 aliphatic rings. The number of nitrogens with two attached hydrogens (primary N) is 1. The lowest BCUT2D eigenvalue weighted by Crippen LogP contribution is -2.47. The van der Waals surface area contributed by atoms with Gasteiger partial charge in [-0.05, 0) is 44.2 Å². The number of hydrogen-bond acceptors (Lipinski definition) is 5. The van der Waals surface area contributed by atoms with Crippen LogP contribution in [0.15, 0.2) is 29.2 Å². The van der Waals surface area contributed by atoms with E-state index >= 15 is 0 Å². The van der Waals surface area contributed by atoms with Gasteiger partial charge in [0.15, 0.2) is 0 Å². The fourth-order valence-electron chi connectivity index (χ4n) is 4.07. The van der Waals surface area contributed by atoms with Gasteiger partial charge in [0.25, 0.3) is 0 Å². The number of aryl methyl sites for hydroxylation is 1. The molecule has 1 aromatic rings. The van der Waals surface area contributed by atoms with E-state index in [4.69, 9.17) is 11.0 Å². The Labute approximate surface area is 171 Å². The highest BCUT2D eigenvalue weighted by molar-refractivity contribution is 7.89. The normalized spacial score (nSPS) is 25.0. The minimum Gasteiger partial charge on any atom is -0.322 e. The van der Waals surface area contributed by atoms with Crippen LogP contribution >= 0.6 is 0 Å². The topological polar surface area (TPSA) is 108 Å². The zero-order valence-corrected chi connectivity index (χ0v) is 17.3.